The van der Waals surface area contributed by atoms with E-state index in [0.717, 1.165) is 22.4 Å². The lowest BCUT2D eigenvalue weighted by molar-refractivity contribution is 0.924. The lowest BCUT2D eigenvalue weighted by Gasteiger charge is -2.06. The zero-order valence-electron chi connectivity index (χ0n) is 9.30. The van der Waals surface area contributed by atoms with Gasteiger partial charge in [0.1, 0.15) is 0 Å². The number of nitrogens with one attached hydrogen (secondary N) is 1. The molecular weight excluding hydrogens is 250 g/mol. The van der Waals surface area contributed by atoms with Gasteiger partial charge in [-0.15, -0.1) is 11.3 Å². The van der Waals surface area contributed by atoms with Crippen LogP contribution in [0, 0.1) is 4.77 Å². The van der Waals surface area contributed by atoms with E-state index in [9.17, 15) is 0 Å². The summed E-state index contributed by atoms with van der Waals surface area (Å²) in [4.78, 5) is 7.38. The summed E-state index contributed by atoms with van der Waals surface area (Å²) < 4.78 is 4.01. The number of imidazole rings is 1. The summed E-state index contributed by atoms with van der Waals surface area (Å²) in [6.45, 7) is 2.12. The molecule has 2 aromatic heterocycles. The SMILES string of the molecule is CCc1c[nH]c(=S)n1-c1ccc2ncsc2c1. The number of benzene rings is 1. The highest BCUT2D eigenvalue weighted by molar-refractivity contribution is 7.71. The molecule has 5 heteroatoms. The highest BCUT2D eigenvalue weighted by Gasteiger charge is 2.06. The number of aromatic amines is 1. The Morgan fingerprint density at radius 3 is 3.18 bits per heavy atom. The summed E-state index contributed by atoms with van der Waals surface area (Å²) in [6.07, 6.45) is 2.92. The zero-order chi connectivity index (χ0) is 11.8. The molecule has 0 bridgehead atoms. The van der Waals surface area contributed by atoms with Crippen molar-refractivity contribution in [3.05, 3.63) is 40.4 Å². The molecule has 0 fully saturated rings. The molecule has 0 aliphatic rings. The standard InChI is InChI=1S/C12H11N3S2/c1-2-8-6-13-12(16)15(8)9-3-4-10-11(5-9)17-7-14-10/h3-7H,2H2,1H3,(H,13,16). The Hall–Kier alpha value is -1.46. The number of thiazole rings is 1. The van der Waals surface area contributed by atoms with Crippen molar-refractivity contribution in [2.75, 3.05) is 0 Å². The summed E-state index contributed by atoms with van der Waals surface area (Å²) in [5.74, 6) is 0. The normalized spacial score (nSPS) is 11.1. The predicted octanol–water partition coefficient (Wildman–Crippen LogP) is 3.71. The van der Waals surface area contributed by atoms with Gasteiger partial charge in [0.25, 0.3) is 0 Å². The first-order chi connectivity index (χ1) is 8.29. The van der Waals surface area contributed by atoms with E-state index in [1.165, 1.54) is 10.4 Å². The van der Waals surface area contributed by atoms with Crippen LogP contribution in [0.15, 0.2) is 29.9 Å². The fraction of sp³-hybridized carbons (Fsp3) is 0.167. The molecule has 1 N–H and O–H groups in total. The van der Waals surface area contributed by atoms with Crippen LogP contribution in [-0.4, -0.2) is 14.5 Å². The number of nitrogens with zero attached hydrogens (tertiary/aromatic N) is 2. The van der Waals surface area contributed by atoms with Crippen LogP contribution in [0.1, 0.15) is 12.6 Å². The van der Waals surface area contributed by atoms with Crippen LogP contribution in [-0.2, 0) is 6.42 Å². The number of aryl methyl sites for hydroxylation is 1. The first-order valence-electron chi connectivity index (χ1n) is 5.42. The number of rotatable bonds is 2. The summed E-state index contributed by atoms with van der Waals surface area (Å²) in [7, 11) is 0. The maximum Gasteiger partial charge on any atom is 0.182 e. The molecule has 3 aromatic rings. The number of hydrogen-bond donors (Lipinski definition) is 1. The van der Waals surface area contributed by atoms with Gasteiger partial charge in [-0.05, 0) is 36.8 Å². The molecule has 1 aromatic carbocycles. The second kappa shape index (κ2) is 4.09. The van der Waals surface area contributed by atoms with Crippen LogP contribution < -0.4 is 0 Å². The van der Waals surface area contributed by atoms with Crippen LogP contribution in [0.5, 0.6) is 0 Å². The topological polar surface area (TPSA) is 33.6 Å². The molecule has 0 aliphatic heterocycles. The molecule has 0 unspecified atom stereocenters. The van der Waals surface area contributed by atoms with Gasteiger partial charge >= 0.3 is 0 Å². The lowest BCUT2D eigenvalue weighted by Crippen LogP contribution is -1.98. The van der Waals surface area contributed by atoms with E-state index in [0.29, 0.717) is 0 Å². The van der Waals surface area contributed by atoms with Crippen LogP contribution >= 0.6 is 23.6 Å². The van der Waals surface area contributed by atoms with Crippen molar-refractivity contribution in [1.82, 2.24) is 14.5 Å². The van der Waals surface area contributed by atoms with Crippen molar-refractivity contribution in [3.63, 3.8) is 0 Å². The average molecular weight is 261 g/mol. The van der Waals surface area contributed by atoms with E-state index < -0.39 is 0 Å². The Balaban J connectivity index is 2.26. The molecule has 0 atom stereocenters. The first kappa shape index (κ1) is 10.7. The van der Waals surface area contributed by atoms with Crippen LogP contribution in [0.2, 0.25) is 0 Å². The Labute approximate surface area is 108 Å². The van der Waals surface area contributed by atoms with E-state index in [-0.39, 0.29) is 0 Å². The molecule has 0 amide bonds. The maximum absolute atomic E-state index is 5.32. The minimum atomic E-state index is 0.741. The number of fused-ring (bicyclic) bond motifs is 1. The second-order valence-electron chi connectivity index (χ2n) is 3.78. The van der Waals surface area contributed by atoms with Crippen molar-refractivity contribution < 1.29 is 0 Å². The molecule has 3 rings (SSSR count). The highest BCUT2D eigenvalue weighted by Crippen LogP contribution is 2.22. The molecule has 2 heterocycles. The fourth-order valence-corrected chi connectivity index (χ4v) is 2.92. The minimum absolute atomic E-state index is 0.741. The van der Waals surface area contributed by atoms with Gasteiger partial charge in [0.2, 0.25) is 0 Å². The third-order valence-electron chi connectivity index (χ3n) is 2.79. The Morgan fingerprint density at radius 1 is 1.47 bits per heavy atom. The van der Waals surface area contributed by atoms with Gasteiger partial charge in [-0.25, -0.2) is 4.98 Å². The summed E-state index contributed by atoms with van der Waals surface area (Å²) in [6, 6.07) is 6.23. The lowest BCUT2D eigenvalue weighted by atomic mass is 10.2. The fourth-order valence-electron chi connectivity index (χ4n) is 1.93. The summed E-state index contributed by atoms with van der Waals surface area (Å²) >= 11 is 6.97. The van der Waals surface area contributed by atoms with Crippen molar-refractivity contribution >= 4 is 33.8 Å². The zero-order valence-corrected chi connectivity index (χ0v) is 10.9. The third kappa shape index (κ3) is 1.71. The van der Waals surface area contributed by atoms with Gasteiger partial charge in [-0.1, -0.05) is 6.92 Å². The predicted molar refractivity (Wildman–Crippen MR) is 73.5 cm³/mol. The van der Waals surface area contributed by atoms with E-state index in [2.05, 4.69) is 33.6 Å². The van der Waals surface area contributed by atoms with Crippen LogP contribution in [0.3, 0.4) is 0 Å². The van der Waals surface area contributed by atoms with E-state index in [1.807, 2.05) is 17.8 Å². The third-order valence-corrected chi connectivity index (χ3v) is 3.88. The summed E-state index contributed by atoms with van der Waals surface area (Å²) in [5.41, 5.74) is 5.20. The molecule has 0 radical (unpaired) electrons. The molecule has 0 aliphatic carbocycles. The molecule has 0 saturated heterocycles. The first-order valence-corrected chi connectivity index (χ1v) is 6.71. The smallest absolute Gasteiger partial charge is 0.182 e. The minimum Gasteiger partial charge on any atom is -0.337 e. The van der Waals surface area contributed by atoms with Gasteiger partial charge in [0, 0.05) is 17.6 Å². The van der Waals surface area contributed by atoms with Crippen LogP contribution in [0.4, 0.5) is 0 Å². The van der Waals surface area contributed by atoms with Gasteiger partial charge in [0.15, 0.2) is 4.77 Å². The Bertz CT molecular complexity index is 721. The van der Waals surface area contributed by atoms with Gasteiger partial charge in [-0.2, -0.15) is 0 Å². The van der Waals surface area contributed by atoms with Crippen molar-refractivity contribution in [3.8, 4) is 5.69 Å². The number of hydrogen-bond acceptors (Lipinski definition) is 3. The molecule has 86 valence electrons. The highest BCUT2D eigenvalue weighted by atomic mass is 32.1. The van der Waals surface area contributed by atoms with E-state index in [4.69, 9.17) is 12.2 Å². The van der Waals surface area contributed by atoms with E-state index in [1.54, 1.807) is 11.3 Å². The van der Waals surface area contributed by atoms with Crippen LogP contribution in [0.25, 0.3) is 15.9 Å². The Kier molecular flexibility index (Phi) is 2.57. The molecule has 0 spiro atoms. The van der Waals surface area contributed by atoms with Gasteiger partial charge in [-0.3, -0.25) is 4.57 Å². The monoisotopic (exact) mass is 261 g/mol. The van der Waals surface area contributed by atoms with Gasteiger partial charge < -0.3 is 4.98 Å². The molecule has 17 heavy (non-hydrogen) atoms. The van der Waals surface area contributed by atoms with Crippen molar-refractivity contribution in [2.45, 2.75) is 13.3 Å². The Morgan fingerprint density at radius 2 is 2.35 bits per heavy atom. The average Bonchev–Trinajstić information content (AvgIpc) is 2.93. The molecule has 3 nitrogen and oxygen atoms in total. The largest absolute Gasteiger partial charge is 0.337 e. The van der Waals surface area contributed by atoms with E-state index >= 15 is 0 Å². The number of aromatic nitrogens is 3. The quantitative estimate of drug-likeness (QED) is 0.713. The molecule has 0 saturated carbocycles. The summed E-state index contributed by atoms with van der Waals surface area (Å²) in [5, 5.41) is 0. The van der Waals surface area contributed by atoms with Crippen molar-refractivity contribution in [2.24, 2.45) is 0 Å². The maximum atomic E-state index is 5.32. The molecular formula is C12H11N3S2. The second-order valence-corrected chi connectivity index (χ2v) is 5.05. The van der Waals surface area contributed by atoms with Crippen molar-refractivity contribution in [1.29, 1.82) is 0 Å². The number of H-pyrrole nitrogens is 1. The van der Waals surface area contributed by atoms with Gasteiger partial charge in [0.05, 0.1) is 15.7 Å².